The maximum absolute atomic E-state index is 6.42. The number of benzene rings is 1. The van der Waals surface area contributed by atoms with Gasteiger partial charge in [-0.05, 0) is 42.7 Å². The minimum absolute atomic E-state index is 0.0625. The van der Waals surface area contributed by atoms with Gasteiger partial charge in [0, 0.05) is 11.6 Å². The lowest BCUT2D eigenvalue weighted by Gasteiger charge is -2.49. The Labute approximate surface area is 129 Å². The summed E-state index contributed by atoms with van der Waals surface area (Å²) in [4.78, 5) is 0. The van der Waals surface area contributed by atoms with Crippen molar-refractivity contribution in [1.82, 2.24) is 5.32 Å². The summed E-state index contributed by atoms with van der Waals surface area (Å²) in [5, 5.41) is 3.67. The van der Waals surface area contributed by atoms with Gasteiger partial charge in [-0.25, -0.2) is 0 Å². The predicted octanol–water partition coefficient (Wildman–Crippen LogP) is 2.08. The van der Waals surface area contributed by atoms with Crippen LogP contribution in [0.1, 0.15) is 17.5 Å². The number of hydrogen-bond acceptors (Lipinski definition) is 4. The molecule has 2 heterocycles. The van der Waals surface area contributed by atoms with Crippen molar-refractivity contribution in [2.75, 3.05) is 20.8 Å². The topological polar surface area (TPSA) is 39.7 Å². The molecule has 1 N–H and O–H groups in total. The van der Waals surface area contributed by atoms with Crippen molar-refractivity contribution in [3.05, 3.63) is 46.7 Å². The van der Waals surface area contributed by atoms with Crippen LogP contribution in [0.25, 0.3) is 0 Å². The first-order valence-electron chi connectivity index (χ1n) is 7.86. The van der Waals surface area contributed by atoms with E-state index >= 15 is 0 Å². The normalized spacial score (nSPS) is 33.4. The maximum Gasteiger partial charge on any atom is 0.169 e. The quantitative estimate of drug-likeness (QED) is 0.907. The molecule has 0 unspecified atom stereocenters. The van der Waals surface area contributed by atoms with Crippen molar-refractivity contribution in [2.24, 2.45) is 0 Å². The lowest BCUT2D eigenvalue weighted by atomic mass is 9.58. The lowest BCUT2D eigenvalue weighted by Crippen LogP contribution is -2.58. The molecule has 3 atom stereocenters. The van der Waals surface area contributed by atoms with E-state index in [1.54, 1.807) is 14.2 Å². The zero-order valence-electron chi connectivity index (χ0n) is 12.8. The van der Waals surface area contributed by atoms with E-state index in [-0.39, 0.29) is 11.5 Å². The van der Waals surface area contributed by atoms with Crippen molar-refractivity contribution < 1.29 is 14.2 Å². The first kappa shape index (κ1) is 12.6. The molecule has 0 aromatic heterocycles. The monoisotopic (exact) mass is 297 g/mol. The Kier molecular flexibility index (Phi) is 2.33. The summed E-state index contributed by atoms with van der Waals surface area (Å²) in [7, 11) is 3.44. The fourth-order valence-electron chi connectivity index (χ4n) is 4.85. The zero-order chi connectivity index (χ0) is 14.9. The molecule has 1 fully saturated rings. The van der Waals surface area contributed by atoms with Crippen molar-refractivity contribution in [2.45, 2.75) is 30.4 Å². The Hall–Kier alpha value is -1.94. The smallest absolute Gasteiger partial charge is 0.169 e. The number of piperidine rings is 1. The molecule has 2 aliphatic carbocycles. The zero-order valence-corrected chi connectivity index (χ0v) is 12.8. The Morgan fingerprint density at radius 1 is 1.23 bits per heavy atom. The number of allylic oxidation sites excluding steroid dienone is 2. The van der Waals surface area contributed by atoms with Crippen LogP contribution in [0.5, 0.6) is 11.5 Å². The van der Waals surface area contributed by atoms with Crippen molar-refractivity contribution >= 4 is 0 Å². The van der Waals surface area contributed by atoms with Crippen LogP contribution in [0.4, 0.5) is 0 Å². The third kappa shape index (κ3) is 1.24. The van der Waals surface area contributed by atoms with E-state index in [9.17, 15) is 0 Å². The van der Waals surface area contributed by atoms with Crippen LogP contribution in [0, 0.1) is 0 Å². The van der Waals surface area contributed by atoms with Crippen molar-refractivity contribution in [1.29, 1.82) is 0 Å². The third-order valence-corrected chi connectivity index (χ3v) is 5.70. The van der Waals surface area contributed by atoms with Gasteiger partial charge in [0.25, 0.3) is 0 Å². The van der Waals surface area contributed by atoms with E-state index in [4.69, 9.17) is 14.2 Å². The van der Waals surface area contributed by atoms with E-state index in [1.165, 1.54) is 16.7 Å². The fraction of sp³-hybridized carbons (Fsp3) is 0.444. The molecule has 5 rings (SSSR count). The van der Waals surface area contributed by atoms with Gasteiger partial charge in [0.1, 0.15) is 5.76 Å². The summed E-state index contributed by atoms with van der Waals surface area (Å²) in [5.74, 6) is 2.66. The van der Waals surface area contributed by atoms with E-state index in [0.29, 0.717) is 6.04 Å². The molecule has 4 nitrogen and oxygen atoms in total. The van der Waals surface area contributed by atoms with E-state index < -0.39 is 0 Å². The second-order valence-corrected chi connectivity index (χ2v) is 6.46. The SMILES string of the molecule is COC1=CC=C2[C@H]3Cc4ccc(OC)c5c4[C@@]2(CCN3)[C@@H]1O5. The molecular weight excluding hydrogens is 278 g/mol. The summed E-state index contributed by atoms with van der Waals surface area (Å²) in [6.07, 6.45) is 6.31. The molecule has 1 saturated heterocycles. The highest BCUT2D eigenvalue weighted by Gasteiger charge is 2.61. The van der Waals surface area contributed by atoms with Crippen LogP contribution in [0.2, 0.25) is 0 Å². The Morgan fingerprint density at radius 2 is 2.14 bits per heavy atom. The molecule has 4 heteroatoms. The van der Waals surface area contributed by atoms with Crippen LogP contribution in [0.15, 0.2) is 35.6 Å². The summed E-state index contributed by atoms with van der Waals surface area (Å²) >= 11 is 0. The van der Waals surface area contributed by atoms with Crippen LogP contribution in [-0.4, -0.2) is 32.9 Å². The summed E-state index contributed by atoms with van der Waals surface area (Å²) in [5.41, 5.74) is 4.09. The second kappa shape index (κ2) is 4.07. The second-order valence-electron chi connectivity index (χ2n) is 6.46. The van der Waals surface area contributed by atoms with Crippen LogP contribution in [-0.2, 0) is 16.6 Å². The molecule has 22 heavy (non-hydrogen) atoms. The number of ether oxygens (including phenoxy) is 3. The molecule has 4 aliphatic rings. The fourth-order valence-corrected chi connectivity index (χ4v) is 4.85. The predicted molar refractivity (Wildman–Crippen MR) is 82.4 cm³/mol. The van der Waals surface area contributed by atoms with Gasteiger partial charge in [-0.2, -0.15) is 0 Å². The van der Waals surface area contributed by atoms with Gasteiger partial charge in [-0.3, -0.25) is 0 Å². The molecule has 2 bridgehead atoms. The number of hydrogen-bond donors (Lipinski definition) is 1. The lowest BCUT2D eigenvalue weighted by molar-refractivity contribution is 0.0998. The first-order valence-corrected chi connectivity index (χ1v) is 7.86. The van der Waals surface area contributed by atoms with Gasteiger partial charge in [-0.1, -0.05) is 12.1 Å². The average molecular weight is 297 g/mol. The Bertz CT molecular complexity index is 736. The molecule has 1 aromatic rings. The van der Waals surface area contributed by atoms with Gasteiger partial charge < -0.3 is 19.5 Å². The number of methoxy groups -OCH3 is 2. The minimum Gasteiger partial charge on any atom is -0.497 e. The summed E-state index contributed by atoms with van der Waals surface area (Å²) < 4.78 is 17.6. The average Bonchev–Trinajstić information content (AvgIpc) is 2.88. The van der Waals surface area contributed by atoms with Gasteiger partial charge in [0.2, 0.25) is 0 Å². The molecule has 0 amide bonds. The Balaban J connectivity index is 1.85. The number of nitrogens with one attached hydrogen (secondary N) is 1. The van der Waals surface area contributed by atoms with Gasteiger partial charge in [0.05, 0.1) is 19.6 Å². The highest BCUT2D eigenvalue weighted by molar-refractivity contribution is 5.67. The van der Waals surface area contributed by atoms with E-state index in [1.807, 2.05) is 6.07 Å². The van der Waals surface area contributed by atoms with Crippen LogP contribution in [0.3, 0.4) is 0 Å². The molecule has 0 saturated carbocycles. The van der Waals surface area contributed by atoms with Crippen LogP contribution >= 0.6 is 0 Å². The molecule has 2 aliphatic heterocycles. The molecular formula is C18H19NO3. The minimum atomic E-state index is -0.0759. The summed E-state index contributed by atoms with van der Waals surface area (Å²) in [6, 6.07) is 4.64. The summed E-state index contributed by atoms with van der Waals surface area (Å²) in [6.45, 7) is 1.01. The van der Waals surface area contributed by atoms with Crippen LogP contribution < -0.4 is 14.8 Å². The van der Waals surface area contributed by atoms with Gasteiger partial charge in [-0.15, -0.1) is 0 Å². The highest BCUT2D eigenvalue weighted by Crippen LogP contribution is 2.61. The third-order valence-electron chi connectivity index (χ3n) is 5.70. The molecule has 0 radical (unpaired) electrons. The highest BCUT2D eigenvalue weighted by atomic mass is 16.6. The van der Waals surface area contributed by atoms with Crippen molar-refractivity contribution in [3.63, 3.8) is 0 Å². The van der Waals surface area contributed by atoms with E-state index in [2.05, 4.69) is 23.5 Å². The number of rotatable bonds is 2. The molecule has 1 aromatic carbocycles. The molecule has 1 spiro atoms. The standard InChI is InChI=1S/C18H19NO3/c1-20-13-5-3-10-9-12-11-4-6-14(21-2)17-18(11,7-8-19-12)15(10)16(13)22-17/h3-6,12,17,19H,7-9H2,1-2H3/t12-,17-,18+/m1/s1. The largest absolute Gasteiger partial charge is 0.497 e. The van der Waals surface area contributed by atoms with Gasteiger partial charge in [0.15, 0.2) is 17.6 Å². The first-order chi connectivity index (χ1) is 10.8. The van der Waals surface area contributed by atoms with E-state index in [0.717, 1.165) is 36.6 Å². The Morgan fingerprint density at radius 3 is 2.95 bits per heavy atom. The van der Waals surface area contributed by atoms with Gasteiger partial charge >= 0.3 is 0 Å². The maximum atomic E-state index is 6.42. The molecule has 114 valence electrons. The van der Waals surface area contributed by atoms with Crippen molar-refractivity contribution in [3.8, 4) is 11.5 Å².